The Morgan fingerprint density at radius 2 is 1.96 bits per heavy atom. The fourth-order valence-electron chi connectivity index (χ4n) is 3.66. The number of fused-ring (bicyclic) bond motifs is 1. The number of nitrogens with zero attached hydrogens (tertiary/aromatic N) is 5. The molecule has 0 saturated carbocycles. The number of carbonyl (C=O) groups is 1. The molecule has 1 fully saturated rings. The molecular weight excluding hydrogens is 340 g/mol. The minimum Gasteiger partial charge on any atom is -0.383 e. The summed E-state index contributed by atoms with van der Waals surface area (Å²) in [6.45, 7) is 2.55. The monoisotopic (exact) mass is 362 g/mol. The first kappa shape index (κ1) is 17.3. The molecule has 0 radical (unpaired) electrons. The number of amides is 1. The third kappa shape index (κ3) is 3.58. The number of nitrogen functional groups attached to an aromatic ring is 1. The van der Waals surface area contributed by atoms with Gasteiger partial charge in [-0.05, 0) is 56.0 Å². The number of pyridine rings is 2. The Kier molecular flexibility index (Phi) is 4.66. The smallest absolute Gasteiger partial charge is 0.227 e. The molecule has 3 aromatic rings. The van der Waals surface area contributed by atoms with E-state index in [1.54, 1.807) is 19.3 Å². The van der Waals surface area contributed by atoms with Gasteiger partial charge in [0, 0.05) is 18.9 Å². The predicted octanol–water partition coefficient (Wildman–Crippen LogP) is 2.61. The van der Waals surface area contributed by atoms with Crippen molar-refractivity contribution in [3.05, 3.63) is 53.7 Å². The molecule has 27 heavy (non-hydrogen) atoms. The zero-order valence-corrected chi connectivity index (χ0v) is 15.3. The minimum atomic E-state index is -0.0333. The Morgan fingerprint density at radius 3 is 2.78 bits per heavy atom. The highest BCUT2D eigenvalue weighted by Gasteiger charge is 2.29. The van der Waals surface area contributed by atoms with Crippen molar-refractivity contribution in [2.75, 3.05) is 12.3 Å². The van der Waals surface area contributed by atoms with E-state index in [9.17, 15) is 4.79 Å². The lowest BCUT2D eigenvalue weighted by Crippen LogP contribution is -2.39. The summed E-state index contributed by atoms with van der Waals surface area (Å²) in [4.78, 5) is 32.3. The van der Waals surface area contributed by atoms with Crippen molar-refractivity contribution in [2.24, 2.45) is 0 Å². The van der Waals surface area contributed by atoms with Gasteiger partial charge >= 0.3 is 0 Å². The van der Waals surface area contributed by atoms with Crippen molar-refractivity contribution in [3.8, 4) is 0 Å². The van der Waals surface area contributed by atoms with Crippen molar-refractivity contribution >= 4 is 22.8 Å². The quantitative estimate of drug-likeness (QED) is 0.769. The van der Waals surface area contributed by atoms with Crippen LogP contribution in [0.3, 0.4) is 0 Å². The highest BCUT2D eigenvalue weighted by molar-refractivity contribution is 5.85. The van der Waals surface area contributed by atoms with Crippen LogP contribution in [0.15, 0.2) is 36.7 Å². The molecule has 3 aromatic heterocycles. The molecule has 2 N–H and O–H groups in total. The molecule has 0 bridgehead atoms. The first-order valence-corrected chi connectivity index (χ1v) is 9.21. The first-order chi connectivity index (χ1) is 13.1. The maximum absolute atomic E-state index is 13.0. The fraction of sp³-hybridized carbons (Fsp3) is 0.350. The second-order valence-corrected chi connectivity index (χ2v) is 6.89. The van der Waals surface area contributed by atoms with E-state index in [0.29, 0.717) is 23.7 Å². The number of rotatable bonds is 3. The SMILES string of the molecule is Cc1nc(N)c2ccc([C@@H]3CCCCN3C(=O)Cc3ccncc3)nc2n1. The normalized spacial score (nSPS) is 17.2. The van der Waals surface area contributed by atoms with Crippen LogP contribution >= 0.6 is 0 Å². The number of aryl methyl sites for hydroxylation is 1. The molecule has 4 rings (SSSR count). The Morgan fingerprint density at radius 1 is 1.15 bits per heavy atom. The van der Waals surface area contributed by atoms with Crippen molar-refractivity contribution < 1.29 is 4.79 Å². The Balaban J connectivity index is 1.64. The maximum atomic E-state index is 13.0. The van der Waals surface area contributed by atoms with Gasteiger partial charge < -0.3 is 10.6 Å². The molecule has 1 aliphatic rings. The van der Waals surface area contributed by atoms with Crippen molar-refractivity contribution in [1.82, 2.24) is 24.8 Å². The number of anilines is 1. The third-order valence-corrected chi connectivity index (χ3v) is 4.99. The Labute approximate surface area is 157 Å². The van der Waals surface area contributed by atoms with Gasteiger partial charge in [0.1, 0.15) is 11.6 Å². The second-order valence-electron chi connectivity index (χ2n) is 6.89. The van der Waals surface area contributed by atoms with Gasteiger partial charge in [0.05, 0.1) is 23.5 Å². The minimum absolute atomic E-state index is 0.0333. The fourth-order valence-corrected chi connectivity index (χ4v) is 3.66. The molecule has 7 heteroatoms. The largest absolute Gasteiger partial charge is 0.383 e. The number of hydrogen-bond donors (Lipinski definition) is 1. The molecule has 4 heterocycles. The zero-order chi connectivity index (χ0) is 18.8. The zero-order valence-electron chi connectivity index (χ0n) is 15.3. The molecular formula is C20H22N6O. The molecule has 0 spiro atoms. The Hall–Kier alpha value is -3.09. The van der Waals surface area contributed by atoms with E-state index in [-0.39, 0.29) is 11.9 Å². The highest BCUT2D eigenvalue weighted by Crippen LogP contribution is 2.31. The molecule has 1 atom stereocenters. The van der Waals surface area contributed by atoms with Gasteiger partial charge in [-0.15, -0.1) is 0 Å². The van der Waals surface area contributed by atoms with Crippen molar-refractivity contribution in [1.29, 1.82) is 0 Å². The van der Waals surface area contributed by atoms with Gasteiger partial charge in [-0.3, -0.25) is 9.78 Å². The van der Waals surface area contributed by atoms with Crippen LogP contribution in [-0.4, -0.2) is 37.3 Å². The molecule has 1 amide bonds. The lowest BCUT2D eigenvalue weighted by Gasteiger charge is -2.35. The van der Waals surface area contributed by atoms with Gasteiger partial charge in [-0.25, -0.2) is 15.0 Å². The lowest BCUT2D eigenvalue weighted by atomic mass is 9.97. The van der Waals surface area contributed by atoms with Crippen molar-refractivity contribution in [2.45, 2.75) is 38.6 Å². The summed E-state index contributed by atoms with van der Waals surface area (Å²) in [5, 5.41) is 0.745. The lowest BCUT2D eigenvalue weighted by molar-refractivity contribution is -0.134. The summed E-state index contributed by atoms with van der Waals surface area (Å²) in [5.41, 5.74) is 8.41. The van der Waals surface area contributed by atoms with Gasteiger partial charge in [-0.2, -0.15) is 0 Å². The number of aromatic nitrogens is 4. The summed E-state index contributed by atoms with van der Waals surface area (Å²) >= 11 is 0. The summed E-state index contributed by atoms with van der Waals surface area (Å²) < 4.78 is 0. The van der Waals surface area contributed by atoms with Crippen LogP contribution in [0.5, 0.6) is 0 Å². The van der Waals surface area contributed by atoms with E-state index < -0.39 is 0 Å². The summed E-state index contributed by atoms with van der Waals surface area (Å²) in [5.74, 6) is 1.15. The molecule has 7 nitrogen and oxygen atoms in total. The van der Waals surface area contributed by atoms with Crippen LogP contribution in [-0.2, 0) is 11.2 Å². The second kappa shape index (κ2) is 7.26. The predicted molar refractivity (Wildman–Crippen MR) is 103 cm³/mol. The van der Waals surface area contributed by atoms with Gasteiger partial charge in [0.2, 0.25) is 5.91 Å². The van der Waals surface area contributed by atoms with Crippen LogP contribution in [0.25, 0.3) is 11.0 Å². The maximum Gasteiger partial charge on any atom is 0.227 e. The topological polar surface area (TPSA) is 97.9 Å². The van der Waals surface area contributed by atoms with Crippen LogP contribution < -0.4 is 5.73 Å². The Bertz CT molecular complexity index is 975. The van der Waals surface area contributed by atoms with Crippen LogP contribution in [0.2, 0.25) is 0 Å². The standard InChI is InChI=1S/C20H22N6O/c1-13-23-19(21)15-5-6-16(25-20(15)24-13)17-4-2-3-11-26(17)18(27)12-14-7-9-22-10-8-14/h5-10,17H,2-4,11-12H2,1H3,(H2,21,23,24,25)/t17-/m0/s1. The van der Waals surface area contributed by atoms with E-state index in [1.165, 1.54) is 0 Å². The number of carbonyl (C=O) groups excluding carboxylic acids is 1. The summed E-state index contributed by atoms with van der Waals surface area (Å²) in [6, 6.07) is 7.59. The van der Waals surface area contributed by atoms with Gasteiger partial charge in [-0.1, -0.05) is 0 Å². The van der Waals surface area contributed by atoms with Crippen LogP contribution in [0.4, 0.5) is 5.82 Å². The van der Waals surface area contributed by atoms with E-state index in [0.717, 1.165) is 42.5 Å². The third-order valence-electron chi connectivity index (χ3n) is 4.99. The van der Waals surface area contributed by atoms with Crippen LogP contribution in [0, 0.1) is 6.92 Å². The molecule has 138 valence electrons. The average Bonchev–Trinajstić information content (AvgIpc) is 2.68. The average molecular weight is 362 g/mol. The van der Waals surface area contributed by atoms with E-state index in [4.69, 9.17) is 10.7 Å². The van der Waals surface area contributed by atoms with E-state index in [2.05, 4.69) is 15.0 Å². The van der Waals surface area contributed by atoms with Crippen LogP contribution in [0.1, 0.15) is 42.4 Å². The van der Waals surface area contributed by atoms with Gasteiger partial charge in [0.15, 0.2) is 5.65 Å². The molecule has 1 saturated heterocycles. The van der Waals surface area contributed by atoms with Crippen molar-refractivity contribution in [3.63, 3.8) is 0 Å². The highest BCUT2D eigenvalue weighted by atomic mass is 16.2. The molecule has 0 aliphatic carbocycles. The summed E-state index contributed by atoms with van der Waals surface area (Å²) in [6.07, 6.45) is 6.80. The molecule has 0 aromatic carbocycles. The molecule has 0 unspecified atom stereocenters. The number of hydrogen-bond acceptors (Lipinski definition) is 6. The summed E-state index contributed by atoms with van der Waals surface area (Å²) in [7, 11) is 0. The number of nitrogens with two attached hydrogens (primary N) is 1. The molecule has 1 aliphatic heterocycles. The number of piperidine rings is 1. The van der Waals surface area contributed by atoms with E-state index >= 15 is 0 Å². The van der Waals surface area contributed by atoms with Gasteiger partial charge in [0.25, 0.3) is 0 Å². The first-order valence-electron chi connectivity index (χ1n) is 9.21. The number of likely N-dealkylation sites (tertiary alicyclic amines) is 1. The van der Waals surface area contributed by atoms with E-state index in [1.807, 2.05) is 29.2 Å².